The predicted octanol–water partition coefficient (Wildman–Crippen LogP) is 0.563. The van der Waals surface area contributed by atoms with E-state index in [4.69, 9.17) is 9.88 Å². The third-order valence-electron chi connectivity index (χ3n) is 3.39. The Morgan fingerprint density at radius 1 is 1.19 bits per heavy atom. The van der Waals surface area contributed by atoms with E-state index < -0.39 is 25.3 Å². The van der Waals surface area contributed by atoms with Gasteiger partial charge in [0.1, 0.15) is 0 Å². The first-order chi connectivity index (χ1) is 9.70. The van der Waals surface area contributed by atoms with Crippen LogP contribution in [0.3, 0.4) is 0 Å². The second-order valence-corrected chi connectivity index (χ2v) is 8.50. The molecule has 1 fully saturated rings. The van der Waals surface area contributed by atoms with Crippen molar-refractivity contribution in [3.8, 4) is 0 Å². The van der Waals surface area contributed by atoms with E-state index in [-0.39, 0.29) is 4.90 Å². The Hall–Kier alpha value is -1.16. The van der Waals surface area contributed by atoms with Gasteiger partial charge in [-0.3, -0.25) is 4.72 Å². The lowest BCUT2D eigenvalue weighted by molar-refractivity contribution is 0.0984. The lowest BCUT2D eigenvalue weighted by Crippen LogP contribution is -2.33. The highest BCUT2D eigenvalue weighted by atomic mass is 32.2. The van der Waals surface area contributed by atoms with E-state index in [2.05, 4.69) is 4.72 Å². The maximum Gasteiger partial charge on any atom is 0.238 e. The number of benzene rings is 1. The minimum atomic E-state index is -3.80. The van der Waals surface area contributed by atoms with Crippen molar-refractivity contribution in [2.75, 3.05) is 17.9 Å². The monoisotopic (exact) mass is 334 g/mol. The minimum absolute atomic E-state index is 0.0472. The number of primary sulfonamides is 1. The first-order valence-electron chi connectivity index (χ1n) is 6.43. The summed E-state index contributed by atoms with van der Waals surface area (Å²) in [6, 6.07) is 4.04. The molecule has 1 aliphatic heterocycles. The normalized spacial score (nSPS) is 17.6. The molecule has 0 saturated carbocycles. The van der Waals surface area contributed by atoms with Crippen LogP contribution in [0.4, 0.5) is 5.69 Å². The largest absolute Gasteiger partial charge is 0.381 e. The van der Waals surface area contributed by atoms with Gasteiger partial charge in [0.25, 0.3) is 0 Å². The van der Waals surface area contributed by atoms with Gasteiger partial charge in [-0.05, 0) is 43.5 Å². The van der Waals surface area contributed by atoms with E-state index in [1.165, 1.54) is 18.2 Å². The van der Waals surface area contributed by atoms with Crippen molar-refractivity contribution in [1.82, 2.24) is 0 Å². The zero-order valence-corrected chi connectivity index (χ0v) is 13.2. The molecule has 0 amide bonds. The van der Waals surface area contributed by atoms with Crippen LogP contribution < -0.4 is 9.86 Å². The van der Waals surface area contributed by atoms with Gasteiger partial charge in [0.15, 0.2) is 0 Å². The summed E-state index contributed by atoms with van der Waals surface area (Å²) in [6.07, 6.45) is 0.896. The van der Waals surface area contributed by atoms with E-state index >= 15 is 0 Å². The average Bonchev–Trinajstić information content (AvgIpc) is 2.41. The van der Waals surface area contributed by atoms with Crippen molar-refractivity contribution in [2.24, 2.45) is 5.14 Å². The zero-order chi connectivity index (χ0) is 15.7. The van der Waals surface area contributed by atoms with Gasteiger partial charge >= 0.3 is 0 Å². The maximum atomic E-state index is 12.3. The molecule has 2 rings (SSSR count). The van der Waals surface area contributed by atoms with Gasteiger partial charge in [-0.1, -0.05) is 0 Å². The number of rotatable bonds is 4. The Morgan fingerprint density at radius 3 is 2.33 bits per heavy atom. The molecule has 1 aromatic carbocycles. The Bertz CT molecular complexity index is 722. The van der Waals surface area contributed by atoms with Gasteiger partial charge in [0, 0.05) is 13.2 Å². The highest BCUT2D eigenvalue weighted by molar-refractivity contribution is 7.93. The quantitative estimate of drug-likeness (QED) is 0.835. The molecule has 1 aliphatic rings. The van der Waals surface area contributed by atoms with Gasteiger partial charge < -0.3 is 4.74 Å². The molecule has 1 aromatic rings. The smallest absolute Gasteiger partial charge is 0.238 e. The summed E-state index contributed by atoms with van der Waals surface area (Å²) in [6.45, 7) is 2.47. The van der Waals surface area contributed by atoms with Crippen molar-refractivity contribution in [3.05, 3.63) is 23.8 Å². The van der Waals surface area contributed by atoms with Crippen molar-refractivity contribution < 1.29 is 21.6 Å². The van der Waals surface area contributed by atoms with E-state index in [0.717, 1.165) is 0 Å². The van der Waals surface area contributed by atoms with Crippen molar-refractivity contribution >= 4 is 25.7 Å². The van der Waals surface area contributed by atoms with Gasteiger partial charge in [-0.2, -0.15) is 0 Å². The number of nitrogens with two attached hydrogens (primary N) is 1. The van der Waals surface area contributed by atoms with Crippen molar-refractivity contribution in [2.45, 2.75) is 29.9 Å². The molecule has 0 atom stereocenters. The van der Waals surface area contributed by atoms with Crippen LogP contribution in [0.2, 0.25) is 0 Å². The Labute approximate surface area is 124 Å². The summed E-state index contributed by atoms with van der Waals surface area (Å²) < 4.78 is 54.7. The lowest BCUT2D eigenvalue weighted by atomic mass is 10.2. The minimum Gasteiger partial charge on any atom is -0.381 e. The molecule has 0 radical (unpaired) electrons. The summed E-state index contributed by atoms with van der Waals surface area (Å²) in [7, 11) is -7.32. The van der Waals surface area contributed by atoms with Gasteiger partial charge in [0.2, 0.25) is 20.0 Å². The molecule has 0 bridgehead atoms. The summed E-state index contributed by atoms with van der Waals surface area (Å²) in [5, 5.41) is 4.54. The van der Waals surface area contributed by atoms with Crippen molar-refractivity contribution in [3.63, 3.8) is 0 Å². The molecule has 118 valence electrons. The van der Waals surface area contributed by atoms with Gasteiger partial charge in [-0.15, -0.1) is 0 Å². The summed E-state index contributed by atoms with van der Waals surface area (Å²) in [4.78, 5) is -0.0472. The zero-order valence-electron chi connectivity index (χ0n) is 11.6. The molecule has 0 spiro atoms. The predicted molar refractivity (Wildman–Crippen MR) is 78.9 cm³/mol. The molecular weight excluding hydrogens is 316 g/mol. The summed E-state index contributed by atoms with van der Waals surface area (Å²) in [5.41, 5.74) is 0.853. The molecule has 21 heavy (non-hydrogen) atoms. The molecule has 0 aromatic heterocycles. The molecule has 7 nitrogen and oxygen atoms in total. The second-order valence-electron chi connectivity index (χ2n) is 4.98. The first kappa shape index (κ1) is 16.2. The van der Waals surface area contributed by atoms with E-state index in [9.17, 15) is 16.8 Å². The van der Waals surface area contributed by atoms with E-state index in [1.807, 2.05) is 0 Å². The van der Waals surface area contributed by atoms with Crippen LogP contribution >= 0.6 is 0 Å². The van der Waals surface area contributed by atoms with Crippen LogP contribution in [0.5, 0.6) is 0 Å². The molecular formula is C12H18N2O5S2. The van der Waals surface area contributed by atoms with Crippen LogP contribution in [0, 0.1) is 6.92 Å². The fourth-order valence-corrected chi connectivity index (χ4v) is 4.26. The Kier molecular flexibility index (Phi) is 4.57. The molecule has 1 saturated heterocycles. The number of hydrogen-bond donors (Lipinski definition) is 2. The van der Waals surface area contributed by atoms with Crippen LogP contribution in [0.15, 0.2) is 23.1 Å². The number of sulfonamides is 2. The second kappa shape index (κ2) is 5.91. The fourth-order valence-electron chi connectivity index (χ4n) is 2.15. The lowest BCUT2D eigenvalue weighted by Gasteiger charge is -2.23. The topological polar surface area (TPSA) is 116 Å². The Balaban J connectivity index is 2.23. The molecule has 0 unspecified atom stereocenters. The van der Waals surface area contributed by atoms with Gasteiger partial charge in [0.05, 0.1) is 15.8 Å². The van der Waals surface area contributed by atoms with Gasteiger partial charge in [-0.25, -0.2) is 22.0 Å². The maximum absolute atomic E-state index is 12.3. The number of hydrogen-bond acceptors (Lipinski definition) is 5. The third-order valence-corrected chi connectivity index (χ3v) is 6.15. The first-order valence-corrected chi connectivity index (χ1v) is 9.52. The Morgan fingerprint density at radius 2 is 1.81 bits per heavy atom. The van der Waals surface area contributed by atoms with Crippen LogP contribution in [0.1, 0.15) is 18.4 Å². The van der Waals surface area contributed by atoms with Crippen LogP contribution in [0.25, 0.3) is 0 Å². The fraction of sp³-hybridized carbons (Fsp3) is 0.500. The summed E-state index contributed by atoms with van der Waals surface area (Å²) >= 11 is 0. The van der Waals surface area contributed by atoms with E-state index in [1.54, 1.807) is 6.92 Å². The molecule has 1 heterocycles. The SMILES string of the molecule is Cc1cc(S(N)(=O)=O)ccc1NS(=O)(=O)C1CCOCC1. The van der Waals surface area contributed by atoms with Crippen LogP contribution in [-0.2, 0) is 24.8 Å². The number of ether oxygens (including phenoxy) is 1. The highest BCUT2D eigenvalue weighted by Crippen LogP contribution is 2.23. The molecule has 3 N–H and O–H groups in total. The van der Waals surface area contributed by atoms with E-state index in [0.29, 0.717) is 37.3 Å². The highest BCUT2D eigenvalue weighted by Gasteiger charge is 2.28. The number of aryl methyl sites for hydroxylation is 1. The van der Waals surface area contributed by atoms with Crippen molar-refractivity contribution in [1.29, 1.82) is 0 Å². The molecule has 0 aliphatic carbocycles. The number of anilines is 1. The third kappa shape index (κ3) is 3.94. The number of nitrogens with one attached hydrogen (secondary N) is 1. The van der Waals surface area contributed by atoms with Crippen LogP contribution in [-0.4, -0.2) is 35.3 Å². The summed E-state index contributed by atoms with van der Waals surface area (Å²) in [5.74, 6) is 0. The standard InChI is InChI=1S/C12H18N2O5S2/c1-9-8-11(20(13,15)16)2-3-12(9)14-21(17,18)10-4-6-19-7-5-10/h2-3,8,10,14H,4-7H2,1H3,(H2,13,15,16). The average molecular weight is 334 g/mol. The molecule has 9 heteroatoms.